The molecule has 0 unspecified atom stereocenters. The minimum Gasteiger partial charge on any atom is -0.497 e. The second-order valence-electron chi connectivity index (χ2n) is 8.98. The van der Waals surface area contributed by atoms with Gasteiger partial charge in [-0.25, -0.2) is 13.8 Å². The predicted octanol–water partition coefficient (Wildman–Crippen LogP) is 5.78. The van der Waals surface area contributed by atoms with E-state index in [1.807, 2.05) is 27.7 Å². The van der Waals surface area contributed by atoms with Crippen LogP contribution in [0, 0.1) is 12.7 Å². The van der Waals surface area contributed by atoms with E-state index in [1.165, 1.54) is 32.4 Å². The van der Waals surface area contributed by atoms with Crippen LogP contribution in [0.5, 0.6) is 11.5 Å². The average molecular weight is 593 g/mol. The molecule has 0 saturated carbocycles. The molecule has 0 aliphatic heterocycles. The van der Waals surface area contributed by atoms with Crippen LogP contribution >= 0.6 is 0 Å². The summed E-state index contributed by atoms with van der Waals surface area (Å²) in [5.74, 6) is 0.183. The van der Waals surface area contributed by atoms with E-state index >= 15 is 4.39 Å². The van der Waals surface area contributed by atoms with E-state index in [-0.39, 0.29) is 29.0 Å². The summed E-state index contributed by atoms with van der Waals surface area (Å²) < 4.78 is 29.7. The molecule has 0 aliphatic carbocycles. The Morgan fingerprint density at radius 3 is 2.16 bits per heavy atom. The molecule has 10 heteroatoms. The molecule has 2 heterocycles. The second-order valence-corrected chi connectivity index (χ2v) is 8.98. The third-order valence-corrected chi connectivity index (χ3v) is 6.48. The summed E-state index contributed by atoms with van der Waals surface area (Å²) in [6, 6.07) is 12.4. The number of pyridine rings is 1. The van der Waals surface area contributed by atoms with Gasteiger partial charge < -0.3 is 9.47 Å². The van der Waals surface area contributed by atoms with Crippen molar-refractivity contribution in [1.82, 2.24) is 13.7 Å². The van der Waals surface area contributed by atoms with Crippen LogP contribution in [0.25, 0.3) is 16.7 Å². The van der Waals surface area contributed by atoms with Crippen molar-refractivity contribution in [1.29, 1.82) is 0 Å². The van der Waals surface area contributed by atoms with Gasteiger partial charge in [0.05, 0.1) is 25.1 Å². The van der Waals surface area contributed by atoms with E-state index in [4.69, 9.17) is 9.47 Å². The molecular weight excluding hydrogens is 551 g/mol. The lowest BCUT2D eigenvalue weighted by Crippen LogP contribution is -2.42. The van der Waals surface area contributed by atoms with Gasteiger partial charge in [0.15, 0.2) is 0 Å². The van der Waals surface area contributed by atoms with Crippen molar-refractivity contribution < 1.29 is 13.9 Å². The fourth-order valence-electron chi connectivity index (χ4n) is 4.27. The van der Waals surface area contributed by atoms with Gasteiger partial charge in [-0.05, 0) is 62.2 Å². The monoisotopic (exact) mass is 592 g/mol. The molecule has 0 atom stereocenters. The maximum atomic E-state index is 15.3. The highest BCUT2D eigenvalue weighted by atomic mass is 19.1. The molecule has 0 N–H and O–H groups in total. The van der Waals surface area contributed by atoms with Gasteiger partial charge in [0, 0.05) is 20.2 Å². The van der Waals surface area contributed by atoms with E-state index in [9.17, 15) is 14.4 Å². The van der Waals surface area contributed by atoms with Gasteiger partial charge in [0.1, 0.15) is 34.1 Å². The summed E-state index contributed by atoms with van der Waals surface area (Å²) in [5, 5.41) is -0.0616. The predicted molar refractivity (Wildman–Crippen MR) is 172 cm³/mol. The Kier molecular flexibility index (Phi) is 12.4. The number of hydrogen-bond donors (Lipinski definition) is 0. The molecule has 0 spiro atoms. The van der Waals surface area contributed by atoms with Gasteiger partial charge in [0.2, 0.25) is 0 Å². The largest absolute Gasteiger partial charge is 0.497 e. The highest BCUT2D eigenvalue weighted by Gasteiger charge is 2.24. The Morgan fingerprint density at radius 2 is 1.63 bits per heavy atom. The van der Waals surface area contributed by atoms with Crippen molar-refractivity contribution in [3.63, 3.8) is 0 Å². The fraction of sp³-hybridized carbons (Fsp3) is 0.333. The van der Waals surface area contributed by atoms with Crippen LogP contribution in [0.15, 0.2) is 79.7 Å². The number of allylic oxidation sites excluding steroid dienone is 2. The van der Waals surface area contributed by atoms with Crippen LogP contribution in [0.3, 0.4) is 0 Å². The standard InChI is InChI=1S/C29H29FN4O5.2C2H6/c1-7-23(18(3)31-4)39-24-15-25(35)32(5)27-26(24)28(36)33(16-19-9-11-20(38-6)12-10-19)29(37)34(27)22-13-8-17(2)14-21(22)30;2*1-2/h7-15H,16H2,1-6H3;2*1-2H3/b23-7+,31-18?;;. The lowest BCUT2D eigenvalue weighted by atomic mass is 10.2. The number of aliphatic imine (C=N–C) groups is 1. The normalized spacial score (nSPS) is 11.3. The quantitative estimate of drug-likeness (QED) is 0.200. The van der Waals surface area contributed by atoms with Crippen molar-refractivity contribution >= 4 is 16.7 Å². The molecular formula is C33H41FN4O5. The topological polar surface area (TPSA) is 96.8 Å². The molecule has 43 heavy (non-hydrogen) atoms. The third kappa shape index (κ3) is 7.20. The first kappa shape index (κ1) is 34.5. The zero-order chi connectivity index (χ0) is 32.4. The van der Waals surface area contributed by atoms with Crippen LogP contribution in [0.1, 0.15) is 52.7 Å². The van der Waals surface area contributed by atoms with Gasteiger partial charge in [-0.3, -0.25) is 23.7 Å². The van der Waals surface area contributed by atoms with Gasteiger partial charge in [-0.15, -0.1) is 0 Å². The van der Waals surface area contributed by atoms with Crippen LogP contribution in [-0.4, -0.2) is 33.6 Å². The van der Waals surface area contributed by atoms with Crippen molar-refractivity contribution in [3.05, 3.63) is 109 Å². The van der Waals surface area contributed by atoms with E-state index in [2.05, 4.69) is 4.99 Å². The SMILES string of the molecule is C/C=C(/Oc1cc(=O)n(C)c2c1c(=O)n(Cc1ccc(OC)cc1)c(=O)n2-c1ccc(C)cc1F)C(C)=NC.CC.CC. The lowest BCUT2D eigenvalue weighted by Gasteiger charge is -2.19. The Morgan fingerprint density at radius 1 is 1.00 bits per heavy atom. The van der Waals surface area contributed by atoms with E-state index in [0.717, 1.165) is 13.7 Å². The lowest BCUT2D eigenvalue weighted by molar-refractivity contribution is 0.414. The number of nitrogens with zero attached hydrogens (tertiary/aromatic N) is 4. The van der Waals surface area contributed by atoms with Gasteiger partial charge in [-0.2, -0.15) is 0 Å². The highest BCUT2D eigenvalue weighted by molar-refractivity contribution is 5.97. The fourth-order valence-corrected chi connectivity index (χ4v) is 4.27. The van der Waals surface area contributed by atoms with Crippen LogP contribution in [0.2, 0.25) is 0 Å². The molecule has 9 nitrogen and oxygen atoms in total. The number of ether oxygens (including phenoxy) is 2. The Labute approximate surface area is 251 Å². The molecule has 2 aromatic heterocycles. The van der Waals surface area contributed by atoms with E-state index < -0.39 is 22.6 Å². The molecule has 0 bridgehead atoms. The number of aromatic nitrogens is 3. The van der Waals surface area contributed by atoms with Gasteiger partial charge in [-0.1, -0.05) is 45.9 Å². The Hall–Kier alpha value is -4.73. The maximum absolute atomic E-state index is 15.3. The third-order valence-electron chi connectivity index (χ3n) is 6.48. The minimum absolute atomic E-state index is 0.0616. The number of halogens is 1. The maximum Gasteiger partial charge on any atom is 0.337 e. The molecule has 0 amide bonds. The van der Waals surface area contributed by atoms with Gasteiger partial charge in [0.25, 0.3) is 11.1 Å². The zero-order valence-electron chi connectivity index (χ0n) is 26.6. The zero-order valence-corrected chi connectivity index (χ0v) is 26.6. The van der Waals surface area contributed by atoms with Crippen molar-refractivity contribution in [2.24, 2.45) is 12.0 Å². The molecule has 4 rings (SSSR count). The van der Waals surface area contributed by atoms with Crippen molar-refractivity contribution in [2.45, 2.75) is 55.0 Å². The molecule has 0 aliphatic rings. The molecule has 2 aromatic carbocycles. The number of aryl methyl sites for hydroxylation is 2. The number of rotatable bonds is 7. The van der Waals surface area contributed by atoms with E-state index in [1.54, 1.807) is 64.2 Å². The molecule has 0 radical (unpaired) electrons. The Bertz CT molecular complexity index is 1810. The summed E-state index contributed by atoms with van der Waals surface area (Å²) in [6.45, 7) is 13.1. The van der Waals surface area contributed by atoms with Gasteiger partial charge >= 0.3 is 5.69 Å². The first-order valence-electron chi connectivity index (χ1n) is 14.2. The smallest absolute Gasteiger partial charge is 0.337 e. The molecule has 0 saturated heterocycles. The number of benzene rings is 2. The van der Waals surface area contributed by atoms with Crippen molar-refractivity contribution in [2.75, 3.05) is 14.2 Å². The summed E-state index contributed by atoms with van der Waals surface area (Å²) in [4.78, 5) is 45.1. The highest BCUT2D eigenvalue weighted by Crippen LogP contribution is 2.25. The first-order valence-corrected chi connectivity index (χ1v) is 14.2. The summed E-state index contributed by atoms with van der Waals surface area (Å²) >= 11 is 0. The van der Waals surface area contributed by atoms with Crippen molar-refractivity contribution in [3.8, 4) is 17.2 Å². The van der Waals surface area contributed by atoms with E-state index in [0.29, 0.717) is 28.3 Å². The molecule has 0 fully saturated rings. The molecule has 230 valence electrons. The number of hydrogen-bond acceptors (Lipinski definition) is 6. The number of fused-ring (bicyclic) bond motifs is 1. The summed E-state index contributed by atoms with van der Waals surface area (Å²) in [6.07, 6.45) is 1.65. The average Bonchev–Trinajstić information content (AvgIpc) is 3.02. The van der Waals surface area contributed by atoms with Crippen LogP contribution in [-0.2, 0) is 13.6 Å². The second kappa shape index (κ2) is 15.5. The minimum atomic E-state index is -0.809. The number of methoxy groups -OCH3 is 1. The molecule has 4 aromatic rings. The van der Waals surface area contributed by atoms with Crippen LogP contribution < -0.4 is 26.3 Å². The summed E-state index contributed by atoms with van der Waals surface area (Å²) in [5.41, 5.74) is -0.440. The van der Waals surface area contributed by atoms with Crippen LogP contribution in [0.4, 0.5) is 4.39 Å². The first-order chi connectivity index (χ1) is 20.6. The Balaban J connectivity index is 0.00000155. The summed E-state index contributed by atoms with van der Waals surface area (Å²) in [7, 11) is 4.54.